The van der Waals surface area contributed by atoms with E-state index in [0.717, 1.165) is 13.2 Å². The predicted octanol–water partition coefficient (Wildman–Crippen LogP) is 3.29. The topological polar surface area (TPSA) is 55.4 Å². The van der Waals surface area contributed by atoms with Gasteiger partial charge in [0.05, 0.1) is 19.1 Å². The molecule has 0 aromatic heterocycles. The Morgan fingerprint density at radius 3 is 2.30 bits per heavy atom. The van der Waals surface area contributed by atoms with Crippen LogP contribution in [0.3, 0.4) is 0 Å². The first-order chi connectivity index (χ1) is 12.7. The van der Waals surface area contributed by atoms with E-state index < -0.39 is 35.5 Å². The molecule has 1 N–H and O–H groups in total. The summed E-state index contributed by atoms with van der Waals surface area (Å²) in [5.41, 5.74) is -0.526. The van der Waals surface area contributed by atoms with Crippen molar-refractivity contribution >= 4 is 11.9 Å². The Kier molecular flexibility index (Phi) is 6.55. The molecular weight excluding hydrogens is 366 g/mol. The average Bonchev–Trinajstić information content (AvgIpc) is 2.62. The Labute approximate surface area is 153 Å². The molecule has 0 aliphatic heterocycles. The third-order valence-electron chi connectivity index (χ3n) is 3.85. The van der Waals surface area contributed by atoms with Gasteiger partial charge < -0.3 is 10.1 Å². The molecule has 2 aromatic rings. The van der Waals surface area contributed by atoms with Crippen LogP contribution >= 0.6 is 0 Å². The van der Waals surface area contributed by atoms with E-state index in [1.807, 2.05) is 0 Å². The molecule has 0 saturated heterocycles. The zero-order valence-corrected chi connectivity index (χ0v) is 14.3. The van der Waals surface area contributed by atoms with Gasteiger partial charge in [-0.15, -0.1) is 0 Å². The second-order valence-corrected chi connectivity index (χ2v) is 5.81. The van der Waals surface area contributed by atoms with Gasteiger partial charge in [0.25, 0.3) is 0 Å². The van der Waals surface area contributed by atoms with Crippen molar-refractivity contribution in [2.75, 3.05) is 7.11 Å². The van der Waals surface area contributed by atoms with Crippen LogP contribution in [-0.2, 0) is 33.3 Å². The number of ether oxygens (including phenoxy) is 1. The normalized spacial score (nSPS) is 12.3. The van der Waals surface area contributed by atoms with Gasteiger partial charge in [0.15, 0.2) is 0 Å². The summed E-state index contributed by atoms with van der Waals surface area (Å²) in [5, 5.41) is 2.38. The summed E-state index contributed by atoms with van der Waals surface area (Å²) in [7, 11) is 1.08. The highest BCUT2D eigenvalue weighted by molar-refractivity contribution is 5.85. The minimum absolute atomic E-state index is 0.137. The molecule has 2 aromatic carbocycles. The Bertz CT molecular complexity index is 803. The van der Waals surface area contributed by atoms with E-state index in [1.165, 1.54) is 42.5 Å². The molecule has 144 valence electrons. The van der Waals surface area contributed by atoms with Crippen LogP contribution < -0.4 is 5.32 Å². The summed E-state index contributed by atoms with van der Waals surface area (Å²) in [4.78, 5) is 24.1. The van der Waals surface area contributed by atoms with Gasteiger partial charge in [-0.3, -0.25) is 4.79 Å². The van der Waals surface area contributed by atoms with E-state index in [0.29, 0.717) is 5.56 Å². The van der Waals surface area contributed by atoms with E-state index in [9.17, 15) is 27.2 Å². The number of carbonyl (C=O) groups excluding carboxylic acids is 2. The highest BCUT2D eigenvalue weighted by atomic mass is 19.4. The number of hydrogen-bond donors (Lipinski definition) is 1. The summed E-state index contributed by atoms with van der Waals surface area (Å²) in [6, 6.07) is 8.69. The molecule has 27 heavy (non-hydrogen) atoms. The SMILES string of the molecule is COC(=O)[C@H](Cc1ccccc1C(F)(F)F)NC(=O)Cc1ccc(F)cc1. The van der Waals surface area contributed by atoms with Crippen molar-refractivity contribution in [3.8, 4) is 0 Å². The lowest BCUT2D eigenvalue weighted by molar-refractivity contribution is -0.145. The van der Waals surface area contributed by atoms with Crippen LogP contribution in [0.25, 0.3) is 0 Å². The third-order valence-corrected chi connectivity index (χ3v) is 3.85. The number of alkyl halides is 3. The van der Waals surface area contributed by atoms with Crippen molar-refractivity contribution in [3.05, 3.63) is 71.0 Å². The van der Waals surface area contributed by atoms with Crippen LogP contribution in [0, 0.1) is 5.82 Å². The average molecular weight is 383 g/mol. The number of benzene rings is 2. The van der Waals surface area contributed by atoms with Gasteiger partial charge in [0.2, 0.25) is 5.91 Å². The van der Waals surface area contributed by atoms with Gasteiger partial charge in [0, 0.05) is 6.42 Å². The second-order valence-electron chi connectivity index (χ2n) is 5.81. The number of methoxy groups -OCH3 is 1. The van der Waals surface area contributed by atoms with Crippen LogP contribution in [0.4, 0.5) is 17.6 Å². The number of esters is 1. The van der Waals surface area contributed by atoms with Crippen molar-refractivity contribution in [2.24, 2.45) is 0 Å². The fraction of sp³-hybridized carbons (Fsp3) is 0.263. The number of nitrogens with one attached hydrogen (secondary N) is 1. The number of hydrogen-bond acceptors (Lipinski definition) is 3. The first-order valence-electron chi connectivity index (χ1n) is 7.97. The van der Waals surface area contributed by atoms with Gasteiger partial charge in [-0.2, -0.15) is 13.2 Å². The van der Waals surface area contributed by atoms with Crippen LogP contribution in [0.2, 0.25) is 0 Å². The molecule has 0 radical (unpaired) electrons. The van der Waals surface area contributed by atoms with E-state index >= 15 is 0 Å². The van der Waals surface area contributed by atoms with Crippen LogP contribution in [0.15, 0.2) is 48.5 Å². The van der Waals surface area contributed by atoms with Gasteiger partial charge in [-0.25, -0.2) is 9.18 Å². The first-order valence-corrected chi connectivity index (χ1v) is 7.97. The summed E-state index contributed by atoms with van der Waals surface area (Å²) in [6.45, 7) is 0. The maximum absolute atomic E-state index is 13.1. The maximum atomic E-state index is 13.1. The summed E-state index contributed by atoms with van der Waals surface area (Å²) in [6.07, 6.45) is -5.12. The van der Waals surface area contributed by atoms with Crippen molar-refractivity contribution in [1.29, 1.82) is 0 Å². The number of carbonyl (C=O) groups is 2. The summed E-state index contributed by atoms with van der Waals surface area (Å²) in [5.74, 6) is -1.92. The zero-order chi connectivity index (χ0) is 20.0. The van der Waals surface area contributed by atoms with Crippen LogP contribution in [-0.4, -0.2) is 25.0 Å². The molecular formula is C19H17F4NO3. The van der Waals surface area contributed by atoms with Crippen molar-refractivity contribution in [1.82, 2.24) is 5.32 Å². The highest BCUT2D eigenvalue weighted by Gasteiger charge is 2.34. The fourth-order valence-electron chi connectivity index (χ4n) is 2.56. The summed E-state index contributed by atoms with van der Waals surface area (Å²) < 4.78 is 56.9. The number of amides is 1. The molecule has 0 bridgehead atoms. The molecule has 1 amide bonds. The molecule has 0 aliphatic carbocycles. The minimum atomic E-state index is -4.59. The number of halogens is 4. The molecule has 0 spiro atoms. The van der Waals surface area contributed by atoms with Crippen molar-refractivity contribution in [3.63, 3.8) is 0 Å². The minimum Gasteiger partial charge on any atom is -0.467 e. The number of rotatable bonds is 6. The first kappa shape index (κ1) is 20.4. The lowest BCUT2D eigenvalue weighted by atomic mass is 9.99. The Morgan fingerprint density at radius 2 is 1.70 bits per heavy atom. The van der Waals surface area contributed by atoms with Gasteiger partial charge in [-0.1, -0.05) is 30.3 Å². The van der Waals surface area contributed by atoms with Crippen molar-refractivity contribution < 1.29 is 31.9 Å². The Hall–Kier alpha value is -2.90. The third kappa shape index (κ3) is 5.80. The van der Waals surface area contributed by atoms with E-state index in [-0.39, 0.29) is 18.4 Å². The van der Waals surface area contributed by atoms with Gasteiger partial charge >= 0.3 is 12.1 Å². The molecule has 0 fully saturated rings. The zero-order valence-electron chi connectivity index (χ0n) is 14.3. The molecule has 0 heterocycles. The fourth-order valence-corrected chi connectivity index (χ4v) is 2.56. The van der Waals surface area contributed by atoms with E-state index in [1.54, 1.807) is 0 Å². The summed E-state index contributed by atoms with van der Waals surface area (Å²) >= 11 is 0. The second kappa shape index (κ2) is 8.66. The van der Waals surface area contributed by atoms with E-state index in [4.69, 9.17) is 0 Å². The molecule has 1 atom stereocenters. The smallest absolute Gasteiger partial charge is 0.416 e. The maximum Gasteiger partial charge on any atom is 0.416 e. The lowest BCUT2D eigenvalue weighted by Crippen LogP contribution is -2.44. The van der Waals surface area contributed by atoms with Crippen LogP contribution in [0.5, 0.6) is 0 Å². The van der Waals surface area contributed by atoms with Gasteiger partial charge in [0.1, 0.15) is 11.9 Å². The monoisotopic (exact) mass is 383 g/mol. The molecule has 4 nitrogen and oxygen atoms in total. The Morgan fingerprint density at radius 1 is 1.07 bits per heavy atom. The van der Waals surface area contributed by atoms with E-state index in [2.05, 4.69) is 10.1 Å². The molecule has 2 rings (SSSR count). The Balaban J connectivity index is 2.15. The molecule has 0 aliphatic rings. The quantitative estimate of drug-likeness (QED) is 0.615. The largest absolute Gasteiger partial charge is 0.467 e. The molecule has 0 unspecified atom stereocenters. The highest BCUT2D eigenvalue weighted by Crippen LogP contribution is 2.32. The van der Waals surface area contributed by atoms with Crippen molar-refractivity contribution in [2.45, 2.75) is 25.1 Å². The molecule has 8 heteroatoms. The predicted molar refractivity (Wildman–Crippen MR) is 89.2 cm³/mol. The molecule has 0 saturated carbocycles. The lowest BCUT2D eigenvalue weighted by Gasteiger charge is -2.19. The van der Waals surface area contributed by atoms with Gasteiger partial charge in [-0.05, 0) is 29.3 Å². The standard InChI is InChI=1S/C19H17F4NO3/c1-27-18(26)16(11-13-4-2-3-5-15(13)19(21,22)23)24-17(25)10-12-6-8-14(20)9-7-12/h2-9,16H,10-11H2,1H3,(H,24,25)/t16-/m0/s1. The van der Waals surface area contributed by atoms with Crippen LogP contribution in [0.1, 0.15) is 16.7 Å².